The third-order valence-electron chi connectivity index (χ3n) is 4.95. The van der Waals surface area contributed by atoms with Crippen molar-refractivity contribution in [2.24, 2.45) is 0 Å². The van der Waals surface area contributed by atoms with Gasteiger partial charge in [0.05, 0.1) is 11.1 Å². The normalized spacial score (nSPS) is 14.0. The molecule has 0 bridgehead atoms. The summed E-state index contributed by atoms with van der Waals surface area (Å²) < 4.78 is 11.3. The standard InChI is InChI=1S/C25H21NO4/c1-15(2)18-8-6-17(7-9-18)12-22-24(27)23-16(3)11-20(13-21(23)30-22)29-25(28)19-5-4-10-26-14-19/h4-15H,1-3H3/b22-12-. The number of carbonyl (C=O) groups is 2. The molecule has 1 aliphatic rings. The minimum Gasteiger partial charge on any atom is -0.452 e. The van der Waals surface area contributed by atoms with Crippen LogP contribution < -0.4 is 9.47 Å². The third-order valence-corrected chi connectivity index (χ3v) is 4.95. The number of aryl methyl sites for hydroxylation is 1. The topological polar surface area (TPSA) is 65.5 Å². The van der Waals surface area contributed by atoms with Crippen molar-refractivity contribution in [1.29, 1.82) is 0 Å². The lowest BCUT2D eigenvalue weighted by Crippen LogP contribution is -2.09. The minimum atomic E-state index is -0.521. The van der Waals surface area contributed by atoms with Gasteiger partial charge in [-0.2, -0.15) is 0 Å². The lowest BCUT2D eigenvalue weighted by atomic mass is 10.0. The van der Waals surface area contributed by atoms with Crippen molar-refractivity contribution < 1.29 is 19.1 Å². The molecule has 5 nitrogen and oxygen atoms in total. The van der Waals surface area contributed by atoms with Gasteiger partial charge in [-0.15, -0.1) is 0 Å². The van der Waals surface area contributed by atoms with Crippen molar-refractivity contribution in [2.75, 3.05) is 0 Å². The summed E-state index contributed by atoms with van der Waals surface area (Å²) >= 11 is 0. The van der Waals surface area contributed by atoms with Crippen LogP contribution in [0.15, 0.2) is 66.7 Å². The second kappa shape index (κ2) is 7.95. The zero-order valence-corrected chi connectivity index (χ0v) is 17.0. The largest absolute Gasteiger partial charge is 0.452 e. The Kier molecular flexibility index (Phi) is 5.19. The molecular formula is C25H21NO4. The maximum Gasteiger partial charge on any atom is 0.345 e. The van der Waals surface area contributed by atoms with Crippen LogP contribution >= 0.6 is 0 Å². The number of nitrogens with zero attached hydrogens (tertiary/aromatic N) is 1. The van der Waals surface area contributed by atoms with E-state index in [9.17, 15) is 9.59 Å². The Morgan fingerprint density at radius 1 is 1.13 bits per heavy atom. The van der Waals surface area contributed by atoms with E-state index in [-0.39, 0.29) is 11.5 Å². The monoisotopic (exact) mass is 399 g/mol. The van der Waals surface area contributed by atoms with Gasteiger partial charge in [0, 0.05) is 18.5 Å². The summed E-state index contributed by atoms with van der Waals surface area (Å²) in [6.45, 7) is 6.06. The van der Waals surface area contributed by atoms with Crippen molar-refractivity contribution in [2.45, 2.75) is 26.7 Å². The molecule has 0 saturated carbocycles. The van der Waals surface area contributed by atoms with Gasteiger partial charge < -0.3 is 9.47 Å². The van der Waals surface area contributed by atoms with Gasteiger partial charge in [-0.25, -0.2) is 4.79 Å². The summed E-state index contributed by atoms with van der Waals surface area (Å²) in [4.78, 5) is 29.1. The summed E-state index contributed by atoms with van der Waals surface area (Å²) in [5, 5.41) is 0. The molecule has 2 heterocycles. The van der Waals surface area contributed by atoms with Crippen LogP contribution in [0.2, 0.25) is 0 Å². The number of hydrogen-bond donors (Lipinski definition) is 0. The highest BCUT2D eigenvalue weighted by molar-refractivity contribution is 6.15. The first-order valence-electron chi connectivity index (χ1n) is 9.73. The second-order valence-corrected chi connectivity index (χ2v) is 7.51. The summed E-state index contributed by atoms with van der Waals surface area (Å²) in [7, 11) is 0. The van der Waals surface area contributed by atoms with Gasteiger partial charge in [0.1, 0.15) is 11.5 Å². The fourth-order valence-corrected chi connectivity index (χ4v) is 3.31. The molecule has 0 saturated heterocycles. The molecular weight excluding hydrogens is 378 g/mol. The first kappa shape index (κ1) is 19.6. The van der Waals surface area contributed by atoms with Gasteiger partial charge in [-0.3, -0.25) is 9.78 Å². The second-order valence-electron chi connectivity index (χ2n) is 7.51. The van der Waals surface area contributed by atoms with E-state index in [1.165, 1.54) is 11.8 Å². The van der Waals surface area contributed by atoms with E-state index >= 15 is 0 Å². The van der Waals surface area contributed by atoms with Gasteiger partial charge >= 0.3 is 5.97 Å². The molecule has 30 heavy (non-hydrogen) atoms. The number of esters is 1. The van der Waals surface area contributed by atoms with Crippen molar-refractivity contribution in [3.05, 3.63) is 94.5 Å². The highest BCUT2D eigenvalue weighted by atomic mass is 16.5. The number of fused-ring (bicyclic) bond motifs is 1. The predicted molar refractivity (Wildman–Crippen MR) is 114 cm³/mol. The minimum absolute atomic E-state index is 0.180. The van der Waals surface area contributed by atoms with Crippen LogP contribution in [-0.2, 0) is 0 Å². The number of ether oxygens (including phenoxy) is 2. The highest BCUT2D eigenvalue weighted by Crippen LogP contribution is 2.37. The fraction of sp³-hybridized carbons (Fsp3) is 0.160. The lowest BCUT2D eigenvalue weighted by Gasteiger charge is -2.07. The Balaban J connectivity index is 1.58. The number of pyridine rings is 1. The smallest absolute Gasteiger partial charge is 0.345 e. The predicted octanol–water partition coefficient (Wildman–Crippen LogP) is 5.35. The van der Waals surface area contributed by atoms with E-state index in [1.807, 2.05) is 24.3 Å². The molecule has 1 aliphatic heterocycles. The number of allylic oxidation sites excluding steroid dienone is 1. The molecule has 150 valence electrons. The molecule has 0 unspecified atom stereocenters. The Hall–Kier alpha value is -3.73. The lowest BCUT2D eigenvalue weighted by molar-refractivity contribution is 0.0734. The zero-order valence-electron chi connectivity index (χ0n) is 17.0. The maximum absolute atomic E-state index is 12.8. The molecule has 0 N–H and O–H groups in total. The summed E-state index contributed by atoms with van der Waals surface area (Å²) in [5.74, 6) is 0.694. The average molecular weight is 399 g/mol. The number of rotatable bonds is 4. The molecule has 2 aromatic carbocycles. The Morgan fingerprint density at radius 3 is 2.57 bits per heavy atom. The molecule has 0 atom stereocenters. The van der Waals surface area contributed by atoms with Crippen LogP contribution in [0.1, 0.15) is 57.2 Å². The third kappa shape index (κ3) is 3.87. The highest BCUT2D eigenvalue weighted by Gasteiger charge is 2.30. The van der Waals surface area contributed by atoms with Gasteiger partial charge in [-0.1, -0.05) is 38.1 Å². The Morgan fingerprint density at radius 2 is 1.90 bits per heavy atom. The molecule has 0 aliphatic carbocycles. The van der Waals surface area contributed by atoms with E-state index in [2.05, 4.69) is 18.8 Å². The van der Waals surface area contributed by atoms with E-state index in [0.29, 0.717) is 34.1 Å². The molecule has 1 aromatic heterocycles. The molecule has 0 fully saturated rings. The summed E-state index contributed by atoms with van der Waals surface area (Å²) in [6.07, 6.45) is 4.75. The van der Waals surface area contributed by atoms with Gasteiger partial charge in [0.2, 0.25) is 5.78 Å². The first-order chi connectivity index (χ1) is 14.4. The molecule has 5 heteroatoms. The van der Waals surface area contributed by atoms with E-state index in [4.69, 9.17) is 9.47 Å². The fourth-order valence-electron chi connectivity index (χ4n) is 3.31. The quantitative estimate of drug-likeness (QED) is 0.336. The molecule has 0 amide bonds. The van der Waals surface area contributed by atoms with Crippen LogP contribution in [0.5, 0.6) is 11.5 Å². The van der Waals surface area contributed by atoms with Crippen LogP contribution in [0, 0.1) is 6.92 Å². The van der Waals surface area contributed by atoms with Gasteiger partial charge in [0.25, 0.3) is 0 Å². The number of benzene rings is 2. The summed E-state index contributed by atoms with van der Waals surface area (Å²) in [6, 6.07) is 14.5. The average Bonchev–Trinajstić information content (AvgIpc) is 3.04. The summed E-state index contributed by atoms with van der Waals surface area (Å²) in [5.41, 5.74) is 3.64. The molecule has 0 radical (unpaired) electrons. The zero-order chi connectivity index (χ0) is 21.3. The van der Waals surface area contributed by atoms with Gasteiger partial charge in [0.15, 0.2) is 5.76 Å². The Labute approximate surface area is 175 Å². The van der Waals surface area contributed by atoms with Gasteiger partial charge in [-0.05, 0) is 53.8 Å². The molecule has 4 rings (SSSR count). The Bertz CT molecular complexity index is 1150. The maximum atomic E-state index is 12.8. The molecule has 3 aromatic rings. The number of hydrogen-bond acceptors (Lipinski definition) is 5. The number of carbonyl (C=O) groups excluding carboxylic acids is 2. The van der Waals surface area contributed by atoms with Crippen LogP contribution in [-0.4, -0.2) is 16.7 Å². The first-order valence-corrected chi connectivity index (χ1v) is 9.73. The van der Waals surface area contributed by atoms with Crippen molar-refractivity contribution >= 4 is 17.8 Å². The van der Waals surface area contributed by atoms with E-state index in [0.717, 1.165) is 5.56 Å². The van der Waals surface area contributed by atoms with Crippen molar-refractivity contribution in [3.8, 4) is 11.5 Å². The van der Waals surface area contributed by atoms with Crippen LogP contribution in [0.25, 0.3) is 6.08 Å². The van der Waals surface area contributed by atoms with Crippen LogP contribution in [0.3, 0.4) is 0 Å². The number of aromatic nitrogens is 1. The van der Waals surface area contributed by atoms with Crippen molar-refractivity contribution in [1.82, 2.24) is 4.98 Å². The number of ketones is 1. The van der Waals surface area contributed by atoms with Crippen LogP contribution in [0.4, 0.5) is 0 Å². The molecule has 0 spiro atoms. The SMILES string of the molecule is Cc1cc(OC(=O)c2cccnc2)cc2c1C(=O)/C(=C/c1ccc(C(C)C)cc1)O2. The van der Waals surface area contributed by atoms with E-state index in [1.54, 1.807) is 43.5 Å². The van der Waals surface area contributed by atoms with E-state index < -0.39 is 5.97 Å². The number of Topliss-reactive ketones (excluding diaryl/α,β-unsaturated/α-hetero) is 1. The van der Waals surface area contributed by atoms with Crippen molar-refractivity contribution in [3.63, 3.8) is 0 Å².